The van der Waals surface area contributed by atoms with E-state index in [0.717, 1.165) is 86.0 Å². The van der Waals surface area contributed by atoms with Gasteiger partial charge in [-0.05, 0) is 188 Å². The summed E-state index contributed by atoms with van der Waals surface area (Å²) in [5.74, 6) is 4.67. The maximum atomic E-state index is 15.6. The fourth-order valence-electron chi connectivity index (χ4n) is 18.4. The summed E-state index contributed by atoms with van der Waals surface area (Å²) in [6.45, 7) is -0.247. The lowest BCUT2D eigenvalue weighted by Gasteiger charge is -2.59. The van der Waals surface area contributed by atoms with Gasteiger partial charge in [0.05, 0.1) is 54.4 Å². The number of aryl methyl sites for hydroxylation is 1. The maximum Gasteiger partial charge on any atom is 0.318 e. The zero-order chi connectivity index (χ0) is 60.6. The highest BCUT2D eigenvalue weighted by molar-refractivity contribution is 5.95. The molecule has 0 unspecified atom stereocenters. The predicted octanol–water partition coefficient (Wildman–Crippen LogP) is 10.5. The highest BCUT2D eigenvalue weighted by Crippen LogP contribution is 2.70. The molecule has 3 aromatic heterocycles. The fourth-order valence-corrected chi connectivity index (χ4v) is 18.4. The first-order chi connectivity index (χ1) is 42.7. The number of hydrogen-bond acceptors (Lipinski definition) is 13. The second-order valence-corrected chi connectivity index (χ2v) is 26.6. The molecule has 88 heavy (non-hydrogen) atoms. The standard InChI is InChI=1S/C72H78N4O12/c1-86-64-34-53-52(33-63(64)84)55-28-43-36-71(39-72(37-44(71)38-78)66(29-42-9-7-14-62(83)69(42)75-72)76-59-22-23-73-58(59)35-60(76)41-8-6-10-45(79)27-41)56-32-46(80)18-20-51(56)68(43)54(53)31-47(81)30-48(19-16-40-17-21-61(82)65(26-40)87-25-24-77)88-67(85)15-5-3-12-50-49-11-2-4-13-57(49)74-70(50)55/h2,4,6,8,10-11,13,17,21-23,26-28,33-35,38,42-44,46,48,51,54,56,62,66,68-69,73-75,77,79-80,82-84H,7,9,12,14-16,18-20,24-25,29-32,36-37,39H2,1H3/t42-,43+,44+,46-,48-,51+,54-,56-,62+,66+,68+,69+,71+,72+/m1/s1. The second kappa shape index (κ2) is 23.3. The van der Waals surface area contributed by atoms with Crippen LogP contribution in [0.3, 0.4) is 0 Å². The van der Waals surface area contributed by atoms with Crippen molar-refractivity contribution in [1.82, 2.24) is 19.9 Å². The molecule has 16 nitrogen and oxygen atoms in total. The summed E-state index contributed by atoms with van der Waals surface area (Å²) >= 11 is 0. The number of aromatic hydroxyl groups is 3. The predicted molar refractivity (Wildman–Crippen MR) is 332 cm³/mol. The number of phenols is 3. The van der Waals surface area contributed by atoms with Crippen molar-refractivity contribution in [3.8, 4) is 51.8 Å². The van der Waals surface area contributed by atoms with Crippen LogP contribution in [0, 0.1) is 52.8 Å². The molecule has 1 saturated heterocycles. The Morgan fingerprint density at radius 1 is 0.864 bits per heavy atom. The number of H-pyrrole nitrogens is 2. The molecule has 2 spiro atoms. The van der Waals surface area contributed by atoms with Crippen LogP contribution in [0.2, 0.25) is 0 Å². The van der Waals surface area contributed by atoms with E-state index in [1.165, 1.54) is 19.5 Å². The molecule has 14 rings (SSSR count). The Kier molecular flexibility index (Phi) is 15.3. The first-order valence-corrected chi connectivity index (χ1v) is 31.8. The number of rotatable bonds is 10. The number of esters is 1. The molecule has 5 aliphatic carbocycles. The number of nitrogens with one attached hydrogen (secondary N) is 3. The number of aldehydes is 1. The number of carbonyl (C=O) groups is 3. The number of phenolic OH excluding ortho intramolecular Hbond substituents is 3. The molecule has 4 aromatic carbocycles. The van der Waals surface area contributed by atoms with E-state index in [1.807, 2.05) is 42.6 Å². The third-order valence-corrected chi connectivity index (χ3v) is 21.9. The molecular formula is C72H78N4O12. The van der Waals surface area contributed by atoms with Gasteiger partial charge in [0.25, 0.3) is 0 Å². The smallest absolute Gasteiger partial charge is 0.318 e. The van der Waals surface area contributed by atoms with Crippen molar-refractivity contribution in [2.45, 2.75) is 145 Å². The summed E-state index contributed by atoms with van der Waals surface area (Å²) in [5.41, 5.74) is 8.15. The quantitative estimate of drug-likeness (QED) is 0.0352. The number of Topliss-reactive ketones (excluding diaryl/α,β-unsaturated/α-hetero) is 1. The molecule has 14 atom stereocenters. The summed E-state index contributed by atoms with van der Waals surface area (Å²) < 4.78 is 20.3. The zero-order valence-electron chi connectivity index (χ0n) is 49.6. The van der Waals surface area contributed by atoms with Gasteiger partial charge >= 0.3 is 5.97 Å². The van der Waals surface area contributed by atoms with Crippen LogP contribution < -0.4 is 14.8 Å². The van der Waals surface area contributed by atoms with Crippen LogP contribution in [0.5, 0.6) is 28.7 Å². The number of para-hydroxylation sites is 1. The number of allylic oxidation sites excluding steroid dienone is 1. The van der Waals surface area contributed by atoms with Crippen molar-refractivity contribution < 1.29 is 59.2 Å². The number of aromatic nitrogens is 3. The van der Waals surface area contributed by atoms with E-state index in [9.17, 15) is 40.2 Å². The number of cyclic esters (lactones) is 1. The number of ketones is 1. The molecule has 2 bridgehead atoms. The first-order valence-electron chi connectivity index (χ1n) is 31.8. The molecule has 5 heterocycles. The highest BCUT2D eigenvalue weighted by Gasteiger charge is 2.68. The molecule has 4 saturated carbocycles. The van der Waals surface area contributed by atoms with Gasteiger partial charge in [-0.1, -0.05) is 60.7 Å². The minimum Gasteiger partial charge on any atom is -0.508 e. The van der Waals surface area contributed by atoms with Crippen LogP contribution >= 0.6 is 0 Å². The second-order valence-electron chi connectivity index (χ2n) is 26.6. The molecule has 0 amide bonds. The largest absolute Gasteiger partial charge is 0.508 e. The Morgan fingerprint density at radius 2 is 1.73 bits per heavy atom. The maximum absolute atomic E-state index is 15.6. The Hall–Kier alpha value is -7.81. The molecule has 458 valence electrons. The third kappa shape index (κ3) is 10.2. The highest BCUT2D eigenvalue weighted by atomic mass is 16.5. The Morgan fingerprint density at radius 3 is 2.57 bits per heavy atom. The van der Waals surface area contributed by atoms with Gasteiger partial charge in [-0.3, -0.25) is 9.59 Å². The average molecular weight is 1190 g/mol. The molecule has 0 radical (unpaired) electrons. The first kappa shape index (κ1) is 57.9. The molecule has 16 heteroatoms. The Labute approximate surface area is 511 Å². The number of nitrogens with zero attached hydrogens (tertiary/aromatic N) is 1. The number of methoxy groups -OCH3 is 1. The van der Waals surface area contributed by atoms with Crippen molar-refractivity contribution in [2.75, 3.05) is 20.3 Å². The Balaban J connectivity index is 0.939. The van der Waals surface area contributed by atoms with Crippen LogP contribution in [0.25, 0.3) is 38.8 Å². The van der Waals surface area contributed by atoms with Crippen molar-refractivity contribution in [3.05, 3.63) is 131 Å². The zero-order valence-corrected chi connectivity index (χ0v) is 49.6. The number of aliphatic hydroxyl groups is 3. The van der Waals surface area contributed by atoms with Crippen molar-refractivity contribution >= 4 is 45.5 Å². The van der Waals surface area contributed by atoms with Crippen molar-refractivity contribution in [1.29, 1.82) is 0 Å². The minimum absolute atomic E-state index is 0.0105. The van der Waals surface area contributed by atoms with Crippen molar-refractivity contribution in [3.63, 3.8) is 0 Å². The van der Waals surface area contributed by atoms with E-state index in [0.29, 0.717) is 51.4 Å². The average Bonchev–Trinajstić information content (AvgIpc) is 1.50. The lowest BCUT2D eigenvalue weighted by Crippen LogP contribution is -2.65. The molecule has 7 aliphatic rings. The van der Waals surface area contributed by atoms with Crippen LogP contribution in [-0.4, -0.2) is 113 Å². The van der Waals surface area contributed by atoms with E-state index in [1.54, 1.807) is 30.3 Å². The molecule has 7 aromatic rings. The van der Waals surface area contributed by atoms with Gasteiger partial charge in [0, 0.05) is 65.0 Å². The van der Waals surface area contributed by atoms with E-state index in [-0.39, 0.29) is 122 Å². The summed E-state index contributed by atoms with van der Waals surface area (Å²) in [6.07, 6.45) is 10.7. The van der Waals surface area contributed by atoms with Gasteiger partial charge in [0.1, 0.15) is 37.0 Å². The number of piperidine rings is 1. The number of benzene rings is 4. The lowest BCUT2D eigenvalue weighted by atomic mass is 9.46. The van der Waals surface area contributed by atoms with Crippen LogP contribution in [0.1, 0.15) is 130 Å². The third-order valence-electron chi connectivity index (χ3n) is 21.9. The molecular weight excluding hydrogens is 1110 g/mol. The van der Waals surface area contributed by atoms with E-state index >= 15 is 4.79 Å². The molecule has 9 N–H and O–H groups in total. The number of hydrogen-bond donors (Lipinski definition) is 9. The van der Waals surface area contributed by atoms with E-state index < -0.39 is 47.1 Å². The summed E-state index contributed by atoms with van der Waals surface area (Å²) in [6, 6.07) is 28.0. The van der Waals surface area contributed by atoms with Gasteiger partial charge < -0.3 is 69.5 Å². The number of aliphatic hydroxyl groups excluding tert-OH is 3. The lowest BCUT2D eigenvalue weighted by molar-refractivity contribution is -0.149. The van der Waals surface area contributed by atoms with Gasteiger partial charge in [-0.25, -0.2) is 0 Å². The van der Waals surface area contributed by atoms with Crippen LogP contribution in [-0.2, 0) is 32.0 Å². The van der Waals surface area contributed by atoms with Gasteiger partial charge in [-0.2, -0.15) is 0 Å². The van der Waals surface area contributed by atoms with Gasteiger partial charge in [0.15, 0.2) is 23.0 Å². The van der Waals surface area contributed by atoms with Gasteiger partial charge in [0.2, 0.25) is 0 Å². The SMILES string of the molecule is COc1cc2c(cc1O)C1=C[C@H]3C[C@@]4(C[C@]5(C[C@H]4C=O)N[C@H]4[C@H](CCC[C@@H]4O)C[C@@H]5n4c(-c5cccc(O)c5)cc5[nH]ccc54)[C@@H]4C[C@H](O)CC[C@@H]4[C@H]3[C@@H]2CC(=O)C[C@@H](CCc2ccc(O)c(OCCO)c2)OC(=O)CC#CCc2c1[nH]c1ccccc21. The fraction of sp³-hybridized carbons (Fsp3) is 0.458. The number of fused-ring (bicyclic) bond motifs is 11. The van der Waals surface area contributed by atoms with E-state index in [2.05, 4.69) is 56.0 Å². The Bertz CT molecular complexity index is 3940. The van der Waals surface area contributed by atoms with Crippen molar-refractivity contribution in [2.24, 2.45) is 40.9 Å². The number of aromatic amines is 2. The van der Waals surface area contributed by atoms with Crippen LogP contribution in [0.15, 0.2) is 103 Å². The normalized spacial score (nSPS) is 31.2. The topological polar surface area (TPSA) is 249 Å². The minimum atomic E-state index is -0.844. The molecule has 2 aliphatic heterocycles. The monoisotopic (exact) mass is 1190 g/mol. The number of ether oxygens (including phenoxy) is 3. The summed E-state index contributed by atoms with van der Waals surface area (Å²) in [5, 5.41) is 72.5. The summed E-state index contributed by atoms with van der Waals surface area (Å²) in [7, 11) is 1.53. The van der Waals surface area contributed by atoms with Gasteiger partial charge in [-0.15, -0.1) is 0 Å². The molecule has 5 fully saturated rings. The number of carbonyl (C=O) groups excluding carboxylic acids is 3. The van der Waals surface area contributed by atoms with E-state index in [4.69, 9.17) is 14.2 Å². The van der Waals surface area contributed by atoms with Crippen LogP contribution in [0.4, 0.5) is 0 Å². The summed E-state index contributed by atoms with van der Waals surface area (Å²) in [4.78, 5) is 51.6.